The van der Waals surface area contributed by atoms with Crippen molar-refractivity contribution in [2.24, 2.45) is 5.92 Å². The van der Waals surface area contributed by atoms with Crippen LogP contribution in [0.15, 0.2) is 18.5 Å². The first-order valence-corrected chi connectivity index (χ1v) is 8.85. The van der Waals surface area contributed by atoms with Gasteiger partial charge in [-0.15, -0.1) is 0 Å². The number of alkyl halides is 2. The van der Waals surface area contributed by atoms with Crippen molar-refractivity contribution < 1.29 is 13.6 Å². The van der Waals surface area contributed by atoms with Gasteiger partial charge >= 0.3 is 6.03 Å². The number of anilines is 1. The summed E-state index contributed by atoms with van der Waals surface area (Å²) in [5, 5.41) is 15.9. The lowest BCUT2D eigenvalue weighted by atomic mass is 10.00. The third-order valence-electron chi connectivity index (χ3n) is 4.84. The fourth-order valence-electron chi connectivity index (χ4n) is 3.39. The second-order valence-corrected chi connectivity index (χ2v) is 6.95. The van der Waals surface area contributed by atoms with Crippen molar-refractivity contribution in [1.29, 1.82) is 5.26 Å². The Morgan fingerprint density at radius 3 is 2.96 bits per heavy atom. The normalized spacial score (nSPS) is 19.9. The highest BCUT2D eigenvalue weighted by Crippen LogP contribution is 2.30. The van der Waals surface area contributed by atoms with Crippen molar-refractivity contribution >= 4 is 22.8 Å². The van der Waals surface area contributed by atoms with E-state index in [1.807, 2.05) is 13.0 Å². The van der Waals surface area contributed by atoms with E-state index >= 15 is 0 Å². The number of nitrogens with one attached hydrogen (secondary N) is 3. The quantitative estimate of drug-likeness (QED) is 0.747. The number of hydrogen-bond donors (Lipinski definition) is 3. The van der Waals surface area contributed by atoms with Gasteiger partial charge in [-0.3, -0.25) is 0 Å². The first kappa shape index (κ1) is 18.9. The van der Waals surface area contributed by atoms with Crippen LogP contribution in [0.4, 0.5) is 19.3 Å². The van der Waals surface area contributed by atoms with E-state index in [4.69, 9.17) is 0 Å². The summed E-state index contributed by atoms with van der Waals surface area (Å²) in [6.07, 6.45) is 4.07. The summed E-state index contributed by atoms with van der Waals surface area (Å²) in [6.45, 7) is 2.94. The molecule has 1 aliphatic rings. The lowest BCUT2D eigenvalue weighted by molar-refractivity contribution is 0.0241. The van der Waals surface area contributed by atoms with E-state index < -0.39 is 18.5 Å². The number of amides is 2. The van der Waals surface area contributed by atoms with E-state index in [1.54, 1.807) is 11.1 Å². The first-order chi connectivity index (χ1) is 12.8. The summed E-state index contributed by atoms with van der Waals surface area (Å²) in [5.74, 6) is -2.80. The molecule has 2 aromatic heterocycles. The van der Waals surface area contributed by atoms with Crippen LogP contribution in [-0.2, 0) is 0 Å². The predicted molar refractivity (Wildman–Crippen MR) is 97.6 cm³/mol. The van der Waals surface area contributed by atoms with E-state index in [0.717, 1.165) is 18.7 Å². The molecule has 0 bridgehead atoms. The van der Waals surface area contributed by atoms with Gasteiger partial charge in [0, 0.05) is 43.8 Å². The van der Waals surface area contributed by atoms with E-state index in [2.05, 4.69) is 26.7 Å². The number of nitrogens with zero attached hydrogens (tertiary/aromatic N) is 3. The van der Waals surface area contributed by atoms with Crippen LogP contribution in [-0.4, -0.2) is 52.5 Å². The summed E-state index contributed by atoms with van der Waals surface area (Å²) >= 11 is 0. The molecule has 1 aliphatic heterocycles. The smallest absolute Gasteiger partial charge is 0.317 e. The van der Waals surface area contributed by atoms with Crippen LogP contribution in [0.3, 0.4) is 0 Å². The largest absolute Gasteiger partial charge is 0.378 e. The van der Waals surface area contributed by atoms with Gasteiger partial charge in [0.15, 0.2) is 0 Å². The van der Waals surface area contributed by atoms with Crippen LogP contribution in [0.1, 0.15) is 25.8 Å². The van der Waals surface area contributed by atoms with Gasteiger partial charge in [0.25, 0.3) is 5.92 Å². The third kappa shape index (κ3) is 4.10. The fraction of sp³-hybridized carbons (Fsp3) is 0.500. The maximum absolute atomic E-state index is 13.0. The van der Waals surface area contributed by atoms with Crippen LogP contribution in [0.25, 0.3) is 11.0 Å². The minimum absolute atomic E-state index is 0.0875. The molecule has 2 aromatic rings. The number of halogens is 2. The standard InChI is InChI=1S/C18H22F2N6O/c1-3-11-8-26(17(27)24-10-18(2,19)20)9-14(11)25-15-12(6-21)7-23-16-13(15)4-5-22-16/h4-5,7,11,14H,3,8-10H2,1-2H3,(H,24,27)(H2,22,23,25). The average molecular weight is 376 g/mol. The van der Waals surface area contributed by atoms with Crippen molar-refractivity contribution in [3.63, 3.8) is 0 Å². The molecule has 3 heterocycles. The van der Waals surface area contributed by atoms with Crippen molar-refractivity contribution in [3.05, 3.63) is 24.0 Å². The summed E-state index contributed by atoms with van der Waals surface area (Å²) < 4.78 is 26.0. The molecule has 9 heteroatoms. The highest BCUT2D eigenvalue weighted by molar-refractivity contribution is 5.92. The maximum Gasteiger partial charge on any atom is 0.317 e. The molecule has 3 rings (SSSR count). The Hall–Kier alpha value is -2.89. The zero-order valence-electron chi connectivity index (χ0n) is 15.2. The summed E-state index contributed by atoms with van der Waals surface area (Å²) in [4.78, 5) is 21.0. The van der Waals surface area contributed by atoms with Crippen molar-refractivity contribution in [2.75, 3.05) is 25.0 Å². The Balaban J connectivity index is 1.76. The van der Waals surface area contributed by atoms with Crippen LogP contribution in [0.5, 0.6) is 0 Å². The maximum atomic E-state index is 13.0. The average Bonchev–Trinajstić information content (AvgIpc) is 3.26. The van der Waals surface area contributed by atoms with Gasteiger partial charge in [0.1, 0.15) is 11.7 Å². The Morgan fingerprint density at radius 1 is 1.52 bits per heavy atom. The van der Waals surface area contributed by atoms with Crippen LogP contribution in [0, 0.1) is 17.2 Å². The Morgan fingerprint density at radius 2 is 2.30 bits per heavy atom. The molecule has 2 amide bonds. The number of carbonyl (C=O) groups is 1. The second-order valence-electron chi connectivity index (χ2n) is 6.95. The molecule has 2 unspecified atom stereocenters. The Bertz CT molecular complexity index is 869. The number of pyridine rings is 1. The van der Waals surface area contributed by atoms with Crippen LogP contribution >= 0.6 is 0 Å². The summed E-state index contributed by atoms with van der Waals surface area (Å²) in [7, 11) is 0. The molecule has 7 nitrogen and oxygen atoms in total. The molecule has 0 radical (unpaired) electrons. The minimum atomic E-state index is -2.95. The molecular formula is C18H22F2N6O. The van der Waals surface area contributed by atoms with Crippen LogP contribution < -0.4 is 10.6 Å². The van der Waals surface area contributed by atoms with Crippen molar-refractivity contribution in [2.45, 2.75) is 32.2 Å². The van der Waals surface area contributed by atoms with Crippen molar-refractivity contribution in [1.82, 2.24) is 20.2 Å². The highest BCUT2D eigenvalue weighted by Gasteiger charge is 2.35. The highest BCUT2D eigenvalue weighted by atomic mass is 19.3. The number of aromatic amines is 1. The lowest BCUT2D eigenvalue weighted by Crippen LogP contribution is -2.43. The molecule has 0 aliphatic carbocycles. The molecule has 1 saturated heterocycles. The minimum Gasteiger partial charge on any atom is -0.378 e. The Kier molecular flexibility index (Phi) is 5.17. The first-order valence-electron chi connectivity index (χ1n) is 8.85. The fourth-order valence-corrected chi connectivity index (χ4v) is 3.39. The number of aromatic nitrogens is 2. The lowest BCUT2D eigenvalue weighted by Gasteiger charge is -2.21. The molecule has 0 spiro atoms. The molecule has 3 N–H and O–H groups in total. The van der Waals surface area contributed by atoms with Crippen molar-refractivity contribution in [3.8, 4) is 6.07 Å². The van der Waals surface area contributed by atoms with Gasteiger partial charge in [-0.1, -0.05) is 6.92 Å². The molecule has 0 saturated carbocycles. The van der Waals surface area contributed by atoms with E-state index in [0.29, 0.717) is 30.0 Å². The van der Waals surface area contributed by atoms with Gasteiger partial charge in [0.05, 0.1) is 17.8 Å². The monoisotopic (exact) mass is 376 g/mol. The zero-order chi connectivity index (χ0) is 19.6. The van der Waals surface area contributed by atoms with Gasteiger partial charge in [-0.2, -0.15) is 5.26 Å². The number of H-pyrrole nitrogens is 1. The van der Waals surface area contributed by atoms with E-state index in [-0.39, 0.29) is 12.0 Å². The van der Waals surface area contributed by atoms with Gasteiger partial charge in [0.2, 0.25) is 0 Å². The SMILES string of the molecule is CCC1CN(C(=O)NCC(C)(F)F)CC1Nc1c(C#N)cnc2[nH]ccc12. The number of fused-ring (bicyclic) bond motifs is 1. The number of likely N-dealkylation sites (tertiary alicyclic amines) is 1. The predicted octanol–water partition coefficient (Wildman–Crippen LogP) is 2.92. The van der Waals surface area contributed by atoms with Gasteiger partial charge in [-0.05, 0) is 18.4 Å². The molecular weight excluding hydrogens is 354 g/mol. The molecule has 1 fully saturated rings. The summed E-state index contributed by atoms with van der Waals surface area (Å²) in [6, 6.07) is 3.40. The topological polar surface area (TPSA) is 96.8 Å². The van der Waals surface area contributed by atoms with E-state index in [1.165, 1.54) is 6.20 Å². The summed E-state index contributed by atoms with van der Waals surface area (Å²) in [5.41, 5.74) is 1.77. The molecule has 27 heavy (non-hydrogen) atoms. The van der Waals surface area contributed by atoms with E-state index in [9.17, 15) is 18.8 Å². The number of urea groups is 1. The number of nitriles is 1. The Labute approximate surface area is 155 Å². The zero-order valence-corrected chi connectivity index (χ0v) is 15.2. The third-order valence-corrected chi connectivity index (χ3v) is 4.84. The van der Waals surface area contributed by atoms with Crippen LogP contribution in [0.2, 0.25) is 0 Å². The molecule has 2 atom stereocenters. The molecule has 144 valence electrons. The van der Waals surface area contributed by atoms with Gasteiger partial charge in [-0.25, -0.2) is 18.6 Å². The second kappa shape index (κ2) is 7.39. The number of carbonyl (C=O) groups excluding carboxylic acids is 1. The number of hydrogen-bond acceptors (Lipinski definition) is 4. The van der Waals surface area contributed by atoms with Gasteiger partial charge < -0.3 is 20.5 Å². The molecule has 0 aromatic carbocycles. The number of rotatable bonds is 5.